The number of amides is 1. The van der Waals surface area contributed by atoms with Gasteiger partial charge in [-0.1, -0.05) is 6.07 Å². The summed E-state index contributed by atoms with van der Waals surface area (Å²) < 4.78 is 37.3. The van der Waals surface area contributed by atoms with Gasteiger partial charge in [0.05, 0.1) is 20.3 Å². The zero-order valence-electron chi connectivity index (χ0n) is 17.4. The zero-order chi connectivity index (χ0) is 22.3. The Balaban J connectivity index is 1.81. The molecule has 2 bridgehead atoms. The Kier molecular flexibility index (Phi) is 5.40. The molecule has 168 valence electrons. The molecule has 5 atom stereocenters. The SMILES string of the molecule is COC(=O)N[C@@H]1C(c2ccc3c(c2)OCO3)[C@H]2OC(C)(C)O[C@H](C2=O)[C@H]1OC(=O)OC. The molecule has 11 nitrogen and oxygen atoms in total. The Bertz CT molecular complexity index is 900. The lowest BCUT2D eigenvalue weighted by molar-refractivity contribution is -0.308. The minimum Gasteiger partial charge on any atom is -0.454 e. The highest BCUT2D eigenvalue weighted by atomic mass is 16.8. The number of rotatable bonds is 3. The average molecular weight is 437 g/mol. The number of carbonyl (C=O) groups is 3. The number of hydrogen-bond donors (Lipinski definition) is 1. The van der Waals surface area contributed by atoms with Gasteiger partial charge in [0.15, 0.2) is 35.3 Å². The Morgan fingerprint density at radius 1 is 1.06 bits per heavy atom. The van der Waals surface area contributed by atoms with E-state index >= 15 is 0 Å². The molecule has 2 aliphatic heterocycles. The van der Waals surface area contributed by atoms with Gasteiger partial charge >= 0.3 is 12.2 Å². The monoisotopic (exact) mass is 437 g/mol. The fourth-order valence-corrected chi connectivity index (χ4v) is 4.14. The lowest BCUT2D eigenvalue weighted by Gasteiger charge is -2.51. The molecule has 1 saturated heterocycles. The summed E-state index contributed by atoms with van der Waals surface area (Å²) in [6.07, 6.45) is -5.17. The second-order valence-electron chi connectivity index (χ2n) is 7.72. The Labute approximate surface area is 177 Å². The van der Waals surface area contributed by atoms with Crippen LogP contribution < -0.4 is 14.8 Å². The van der Waals surface area contributed by atoms with Gasteiger partial charge < -0.3 is 38.5 Å². The van der Waals surface area contributed by atoms with E-state index < -0.39 is 54.1 Å². The molecule has 3 aliphatic rings. The summed E-state index contributed by atoms with van der Waals surface area (Å²) in [5.74, 6) is -1.28. The molecule has 0 radical (unpaired) electrons. The average Bonchev–Trinajstić information content (AvgIpc) is 3.20. The van der Waals surface area contributed by atoms with Crippen molar-refractivity contribution < 1.29 is 47.5 Å². The molecule has 1 saturated carbocycles. The summed E-state index contributed by atoms with van der Waals surface area (Å²) in [6.45, 7) is 3.38. The maximum atomic E-state index is 13.2. The van der Waals surface area contributed by atoms with Gasteiger partial charge in [-0.25, -0.2) is 9.59 Å². The quantitative estimate of drug-likeness (QED) is 0.695. The molecule has 1 amide bonds. The van der Waals surface area contributed by atoms with E-state index in [0.29, 0.717) is 17.1 Å². The molecule has 4 rings (SSSR count). The highest BCUT2D eigenvalue weighted by molar-refractivity contribution is 5.91. The first kappa shape index (κ1) is 21.2. The second kappa shape index (κ2) is 7.89. The number of nitrogens with one attached hydrogen (secondary N) is 1. The van der Waals surface area contributed by atoms with Crippen LogP contribution >= 0.6 is 0 Å². The van der Waals surface area contributed by atoms with Crippen molar-refractivity contribution in [2.45, 2.75) is 49.9 Å². The maximum Gasteiger partial charge on any atom is 0.508 e. The van der Waals surface area contributed by atoms with Crippen molar-refractivity contribution in [2.24, 2.45) is 0 Å². The van der Waals surface area contributed by atoms with E-state index in [1.807, 2.05) is 0 Å². The highest BCUT2D eigenvalue weighted by Gasteiger charge is 2.60. The molecule has 1 N–H and O–H groups in total. The predicted octanol–water partition coefficient (Wildman–Crippen LogP) is 1.48. The molecule has 0 spiro atoms. The molecule has 1 aliphatic carbocycles. The van der Waals surface area contributed by atoms with Crippen LogP contribution in [0.15, 0.2) is 18.2 Å². The Morgan fingerprint density at radius 2 is 1.77 bits per heavy atom. The van der Waals surface area contributed by atoms with Crippen LogP contribution in [0.5, 0.6) is 11.5 Å². The number of Topliss-reactive ketones (excluding diaryl/α,β-unsaturated/α-hetero) is 1. The third-order valence-corrected chi connectivity index (χ3v) is 5.40. The van der Waals surface area contributed by atoms with Gasteiger partial charge in [-0.05, 0) is 31.5 Å². The van der Waals surface area contributed by atoms with E-state index in [1.54, 1.807) is 32.0 Å². The van der Waals surface area contributed by atoms with Gasteiger partial charge in [0, 0.05) is 5.92 Å². The molecule has 2 fully saturated rings. The number of carbonyl (C=O) groups excluding carboxylic acids is 3. The minimum absolute atomic E-state index is 0.0726. The van der Waals surface area contributed by atoms with Crippen molar-refractivity contribution in [1.82, 2.24) is 5.32 Å². The normalized spacial score (nSPS) is 30.3. The van der Waals surface area contributed by atoms with Gasteiger partial charge in [0.1, 0.15) is 6.10 Å². The van der Waals surface area contributed by atoms with Crippen LogP contribution in [-0.4, -0.2) is 69.2 Å². The first-order valence-electron chi connectivity index (χ1n) is 9.62. The summed E-state index contributed by atoms with van der Waals surface area (Å²) in [4.78, 5) is 37.4. The largest absolute Gasteiger partial charge is 0.508 e. The van der Waals surface area contributed by atoms with Crippen LogP contribution in [0.2, 0.25) is 0 Å². The van der Waals surface area contributed by atoms with Gasteiger partial charge in [0.2, 0.25) is 6.79 Å². The summed E-state index contributed by atoms with van der Waals surface area (Å²) in [5, 5.41) is 2.66. The fraction of sp³-hybridized carbons (Fsp3) is 0.550. The van der Waals surface area contributed by atoms with Crippen LogP contribution in [-0.2, 0) is 28.5 Å². The number of ketones is 1. The van der Waals surface area contributed by atoms with Crippen molar-refractivity contribution in [2.75, 3.05) is 21.0 Å². The topological polar surface area (TPSA) is 128 Å². The van der Waals surface area contributed by atoms with E-state index in [1.165, 1.54) is 7.11 Å². The molecular formula is C20H23NO10. The van der Waals surface area contributed by atoms with Gasteiger partial charge in [-0.15, -0.1) is 0 Å². The van der Waals surface area contributed by atoms with Crippen LogP contribution in [0.1, 0.15) is 25.3 Å². The molecule has 31 heavy (non-hydrogen) atoms. The molecular weight excluding hydrogens is 414 g/mol. The lowest BCUT2D eigenvalue weighted by atomic mass is 9.73. The van der Waals surface area contributed by atoms with E-state index in [-0.39, 0.29) is 6.79 Å². The molecule has 11 heteroatoms. The molecule has 0 aromatic heterocycles. The maximum absolute atomic E-state index is 13.2. The summed E-state index contributed by atoms with van der Waals surface area (Å²) in [7, 11) is 2.34. The molecule has 1 aromatic rings. The van der Waals surface area contributed by atoms with Crippen LogP contribution in [0, 0.1) is 0 Å². The van der Waals surface area contributed by atoms with Crippen molar-refractivity contribution in [3.05, 3.63) is 23.8 Å². The van der Waals surface area contributed by atoms with Gasteiger partial charge in [-0.2, -0.15) is 0 Å². The van der Waals surface area contributed by atoms with Crippen LogP contribution in [0.25, 0.3) is 0 Å². The summed E-state index contributed by atoms with van der Waals surface area (Å²) in [6, 6.07) is 4.20. The number of methoxy groups -OCH3 is 2. The summed E-state index contributed by atoms with van der Waals surface area (Å²) in [5.41, 5.74) is 0.610. The molecule has 2 heterocycles. The van der Waals surface area contributed by atoms with Crippen molar-refractivity contribution >= 4 is 18.0 Å². The van der Waals surface area contributed by atoms with Crippen molar-refractivity contribution in [1.29, 1.82) is 0 Å². The number of alkyl carbamates (subject to hydrolysis) is 1. The standard InChI is InChI=1S/C20H23NO10/c1-20(2)30-15-12(9-5-6-10-11(7-9)28-8-27-10)13(21-18(23)25-3)16(29-19(24)26-4)17(31-20)14(15)22/h5-7,12-13,15-17H,8H2,1-4H3,(H,21,23)/t12?,13-,15-,16+,17-/m1/s1. The third-order valence-electron chi connectivity index (χ3n) is 5.40. The van der Waals surface area contributed by atoms with Crippen molar-refractivity contribution in [3.63, 3.8) is 0 Å². The van der Waals surface area contributed by atoms with Crippen LogP contribution in [0.4, 0.5) is 9.59 Å². The highest BCUT2D eigenvalue weighted by Crippen LogP contribution is 2.45. The number of fused-ring (bicyclic) bond motifs is 3. The second-order valence-corrected chi connectivity index (χ2v) is 7.72. The van der Waals surface area contributed by atoms with E-state index in [2.05, 4.69) is 10.1 Å². The molecule has 1 aromatic carbocycles. The van der Waals surface area contributed by atoms with Gasteiger partial charge in [-0.3, -0.25) is 4.79 Å². The number of benzene rings is 1. The third kappa shape index (κ3) is 3.86. The van der Waals surface area contributed by atoms with Gasteiger partial charge in [0.25, 0.3) is 0 Å². The first-order chi connectivity index (χ1) is 14.7. The van der Waals surface area contributed by atoms with E-state index in [4.69, 9.17) is 28.4 Å². The lowest BCUT2D eigenvalue weighted by Crippen LogP contribution is -2.70. The van der Waals surface area contributed by atoms with E-state index in [9.17, 15) is 14.4 Å². The Hall–Kier alpha value is -3.05. The number of hydrogen-bond acceptors (Lipinski definition) is 10. The van der Waals surface area contributed by atoms with Crippen LogP contribution in [0.3, 0.4) is 0 Å². The number of ether oxygens (including phenoxy) is 7. The fourth-order valence-electron chi connectivity index (χ4n) is 4.14. The zero-order valence-corrected chi connectivity index (χ0v) is 17.4. The predicted molar refractivity (Wildman–Crippen MR) is 101 cm³/mol. The van der Waals surface area contributed by atoms with E-state index in [0.717, 1.165) is 7.11 Å². The smallest absolute Gasteiger partial charge is 0.454 e. The van der Waals surface area contributed by atoms with Crippen molar-refractivity contribution in [3.8, 4) is 11.5 Å². The Morgan fingerprint density at radius 3 is 2.48 bits per heavy atom. The first-order valence-corrected chi connectivity index (χ1v) is 9.62. The minimum atomic E-state index is -1.20. The molecule has 1 unspecified atom stereocenters. The summed E-state index contributed by atoms with van der Waals surface area (Å²) >= 11 is 0.